The molecule has 3 nitrogen and oxygen atoms in total. The summed E-state index contributed by atoms with van der Waals surface area (Å²) in [4.78, 5) is 10.6. The molecule has 4 heteroatoms. The zero-order valence-electron chi connectivity index (χ0n) is 8.03. The van der Waals surface area contributed by atoms with Crippen molar-refractivity contribution in [2.45, 2.75) is 6.42 Å². The van der Waals surface area contributed by atoms with Gasteiger partial charge in [-0.1, -0.05) is 11.8 Å². The molecule has 78 valence electrons. The van der Waals surface area contributed by atoms with Crippen molar-refractivity contribution in [2.75, 3.05) is 11.5 Å². The monoisotopic (exact) mass is 221 g/mol. The topological polar surface area (TPSA) is 63.3 Å². The molecule has 1 aromatic carbocycles. The van der Waals surface area contributed by atoms with Crippen LogP contribution in [0.25, 0.3) is 0 Å². The first kappa shape index (κ1) is 11.5. The van der Waals surface area contributed by atoms with Crippen molar-refractivity contribution in [3.05, 3.63) is 29.3 Å². The molecule has 15 heavy (non-hydrogen) atoms. The third-order valence-corrected chi connectivity index (χ3v) is 1.98. The molecule has 0 spiro atoms. The average Bonchev–Trinajstić information content (AvgIpc) is 2.20. The van der Waals surface area contributed by atoms with Crippen LogP contribution in [0, 0.1) is 11.8 Å². The molecule has 0 aromatic heterocycles. The minimum atomic E-state index is -0.989. The zero-order chi connectivity index (χ0) is 11.3. The van der Waals surface area contributed by atoms with Gasteiger partial charge in [0.05, 0.1) is 5.56 Å². The lowest BCUT2D eigenvalue weighted by molar-refractivity contribution is 0.0697. The van der Waals surface area contributed by atoms with Gasteiger partial charge in [0.1, 0.15) is 0 Å². The summed E-state index contributed by atoms with van der Waals surface area (Å²) in [5.74, 6) is 5.46. The highest BCUT2D eigenvalue weighted by atomic mass is 32.1. The van der Waals surface area contributed by atoms with Crippen LogP contribution in [-0.4, -0.2) is 16.8 Å². The van der Waals surface area contributed by atoms with E-state index in [2.05, 4.69) is 24.5 Å². The molecular weight excluding hydrogens is 210 g/mol. The van der Waals surface area contributed by atoms with E-state index in [0.29, 0.717) is 23.4 Å². The molecule has 1 aromatic rings. The second-order valence-electron chi connectivity index (χ2n) is 2.88. The highest BCUT2D eigenvalue weighted by Crippen LogP contribution is 2.13. The van der Waals surface area contributed by atoms with Gasteiger partial charge >= 0.3 is 5.97 Å². The van der Waals surface area contributed by atoms with Gasteiger partial charge in [0.25, 0.3) is 0 Å². The minimum Gasteiger partial charge on any atom is -0.478 e. The van der Waals surface area contributed by atoms with Crippen LogP contribution in [0.5, 0.6) is 0 Å². The first-order chi connectivity index (χ1) is 7.15. The Balaban J connectivity index is 2.95. The van der Waals surface area contributed by atoms with Crippen molar-refractivity contribution < 1.29 is 9.90 Å². The smallest absolute Gasteiger partial charge is 0.335 e. The van der Waals surface area contributed by atoms with E-state index in [-0.39, 0.29) is 5.56 Å². The largest absolute Gasteiger partial charge is 0.478 e. The van der Waals surface area contributed by atoms with E-state index in [1.807, 2.05) is 0 Å². The number of carboxylic acids is 1. The highest BCUT2D eigenvalue weighted by molar-refractivity contribution is 7.80. The van der Waals surface area contributed by atoms with Crippen LogP contribution in [0.15, 0.2) is 18.2 Å². The average molecular weight is 221 g/mol. The number of carboxylic acid groups (broad SMARTS) is 1. The number of nitrogens with two attached hydrogens (primary N) is 1. The van der Waals surface area contributed by atoms with E-state index in [1.165, 1.54) is 12.1 Å². The van der Waals surface area contributed by atoms with E-state index in [1.54, 1.807) is 6.07 Å². The van der Waals surface area contributed by atoms with Crippen molar-refractivity contribution in [1.29, 1.82) is 0 Å². The maximum atomic E-state index is 10.6. The number of rotatable bonds is 2. The molecule has 0 atom stereocenters. The van der Waals surface area contributed by atoms with Crippen LogP contribution in [0.1, 0.15) is 22.3 Å². The summed E-state index contributed by atoms with van der Waals surface area (Å²) >= 11 is 4.02. The van der Waals surface area contributed by atoms with Crippen LogP contribution in [0.2, 0.25) is 0 Å². The summed E-state index contributed by atoms with van der Waals surface area (Å²) in [5, 5.41) is 8.71. The van der Waals surface area contributed by atoms with E-state index in [4.69, 9.17) is 10.8 Å². The van der Waals surface area contributed by atoms with Crippen molar-refractivity contribution >= 4 is 24.3 Å². The van der Waals surface area contributed by atoms with Gasteiger partial charge in [-0.3, -0.25) is 0 Å². The number of carbonyl (C=O) groups is 1. The standard InChI is InChI=1S/C11H11NO2S/c12-10-7-9(11(13)14)5-4-8(10)3-1-2-6-15/h4-5,7,15H,2,6,12H2,(H,13,14). The fourth-order valence-corrected chi connectivity index (χ4v) is 1.14. The molecule has 0 saturated carbocycles. The number of thiol groups is 1. The Bertz CT molecular complexity index is 432. The zero-order valence-corrected chi connectivity index (χ0v) is 8.92. The van der Waals surface area contributed by atoms with Crippen LogP contribution in [0.3, 0.4) is 0 Å². The lowest BCUT2D eigenvalue weighted by Crippen LogP contribution is -1.99. The normalized spacial score (nSPS) is 9.13. The van der Waals surface area contributed by atoms with Crippen LogP contribution in [-0.2, 0) is 0 Å². The molecule has 0 fully saturated rings. The van der Waals surface area contributed by atoms with Crippen molar-refractivity contribution in [3.63, 3.8) is 0 Å². The molecule has 0 saturated heterocycles. The molecule has 0 radical (unpaired) electrons. The van der Waals surface area contributed by atoms with E-state index >= 15 is 0 Å². The van der Waals surface area contributed by atoms with Crippen molar-refractivity contribution in [3.8, 4) is 11.8 Å². The molecular formula is C11H11NO2S. The van der Waals surface area contributed by atoms with Gasteiger partial charge in [0.2, 0.25) is 0 Å². The van der Waals surface area contributed by atoms with E-state index in [9.17, 15) is 4.79 Å². The molecule has 0 aliphatic rings. The number of aromatic carboxylic acids is 1. The molecule has 0 aliphatic heterocycles. The Hall–Kier alpha value is -1.60. The summed E-state index contributed by atoms with van der Waals surface area (Å²) in [6.45, 7) is 0. The summed E-state index contributed by atoms with van der Waals surface area (Å²) < 4.78 is 0. The Kier molecular flexibility index (Phi) is 4.07. The Morgan fingerprint density at radius 3 is 2.80 bits per heavy atom. The maximum absolute atomic E-state index is 10.6. The van der Waals surface area contributed by atoms with E-state index in [0.717, 1.165) is 0 Å². The molecule has 1 rings (SSSR count). The van der Waals surface area contributed by atoms with Gasteiger partial charge in [-0.25, -0.2) is 4.79 Å². The fourth-order valence-electron chi connectivity index (χ4n) is 1.02. The predicted molar refractivity (Wildman–Crippen MR) is 63.2 cm³/mol. The van der Waals surface area contributed by atoms with Crippen LogP contribution < -0.4 is 5.73 Å². The minimum absolute atomic E-state index is 0.173. The van der Waals surface area contributed by atoms with Gasteiger partial charge in [-0.2, -0.15) is 12.6 Å². The third-order valence-electron chi connectivity index (χ3n) is 1.76. The molecule has 3 N–H and O–H groups in total. The summed E-state index contributed by atoms with van der Waals surface area (Å²) in [6, 6.07) is 4.51. The number of anilines is 1. The quantitative estimate of drug-likeness (QED) is 0.404. The maximum Gasteiger partial charge on any atom is 0.335 e. The van der Waals surface area contributed by atoms with Crippen LogP contribution in [0.4, 0.5) is 5.69 Å². The Morgan fingerprint density at radius 1 is 1.53 bits per heavy atom. The number of nitrogen functional groups attached to an aromatic ring is 1. The highest BCUT2D eigenvalue weighted by Gasteiger charge is 2.04. The van der Waals surface area contributed by atoms with Gasteiger partial charge in [0, 0.05) is 23.4 Å². The molecule has 0 aliphatic carbocycles. The van der Waals surface area contributed by atoms with Crippen molar-refractivity contribution in [1.82, 2.24) is 0 Å². The van der Waals surface area contributed by atoms with Gasteiger partial charge < -0.3 is 10.8 Å². The second-order valence-corrected chi connectivity index (χ2v) is 3.33. The summed E-state index contributed by atoms with van der Waals surface area (Å²) in [5.41, 5.74) is 6.87. The third kappa shape index (κ3) is 3.22. The Labute approximate surface area is 93.7 Å². The Morgan fingerprint density at radius 2 is 2.27 bits per heavy atom. The number of hydrogen-bond acceptors (Lipinski definition) is 3. The van der Waals surface area contributed by atoms with E-state index < -0.39 is 5.97 Å². The lowest BCUT2D eigenvalue weighted by atomic mass is 10.1. The molecule has 0 bridgehead atoms. The molecule has 0 amide bonds. The first-order valence-corrected chi connectivity index (χ1v) is 5.01. The summed E-state index contributed by atoms with van der Waals surface area (Å²) in [7, 11) is 0. The van der Waals surface area contributed by atoms with Crippen LogP contribution >= 0.6 is 12.6 Å². The van der Waals surface area contributed by atoms with Gasteiger partial charge in [-0.05, 0) is 18.2 Å². The second kappa shape index (κ2) is 5.32. The lowest BCUT2D eigenvalue weighted by Gasteiger charge is -1.99. The molecule has 0 unspecified atom stereocenters. The van der Waals surface area contributed by atoms with Crippen molar-refractivity contribution in [2.24, 2.45) is 0 Å². The van der Waals surface area contributed by atoms with Gasteiger partial charge in [-0.15, -0.1) is 0 Å². The SMILES string of the molecule is Nc1cc(C(=O)O)ccc1C#CCCS. The predicted octanol–water partition coefficient (Wildman–Crippen LogP) is 1.64. The number of hydrogen-bond donors (Lipinski definition) is 3. The molecule has 0 heterocycles. The number of benzene rings is 1. The summed E-state index contributed by atoms with van der Waals surface area (Å²) in [6.07, 6.45) is 0.684. The fraction of sp³-hybridized carbons (Fsp3) is 0.182. The van der Waals surface area contributed by atoms with Gasteiger partial charge in [0.15, 0.2) is 0 Å². The first-order valence-electron chi connectivity index (χ1n) is 4.37.